The monoisotopic (exact) mass is 286 g/mol. The molecule has 2 aromatic carbocycles. The predicted molar refractivity (Wildman–Crippen MR) is 73.3 cm³/mol. The summed E-state index contributed by atoms with van der Waals surface area (Å²) in [5.74, 6) is 0. The summed E-state index contributed by atoms with van der Waals surface area (Å²) in [4.78, 5) is 0. The third-order valence-electron chi connectivity index (χ3n) is 2.44. The third kappa shape index (κ3) is 2.86. The molecule has 0 saturated carbocycles. The normalized spacial score (nSPS) is 9.71. The molecule has 2 rings (SSSR count). The molecule has 1 N–H and O–H groups in total. The number of nitrogens with one attached hydrogen (secondary N) is 1. The molecule has 0 aliphatic heterocycles. The molecule has 0 amide bonds. The van der Waals surface area contributed by atoms with Crippen molar-refractivity contribution in [3.05, 3.63) is 58.1 Å². The molecule has 17 heavy (non-hydrogen) atoms. The standard InChI is InChI=1S/C14H11BrN2/c1-10-7-13(5-6-14(10)15)17-12-4-2-3-11(8-12)9-16/h2-8,17H,1H3. The van der Waals surface area contributed by atoms with Crippen LogP contribution in [-0.4, -0.2) is 0 Å². The van der Waals surface area contributed by atoms with Crippen LogP contribution in [0.2, 0.25) is 0 Å². The summed E-state index contributed by atoms with van der Waals surface area (Å²) in [5.41, 5.74) is 3.77. The average molecular weight is 287 g/mol. The summed E-state index contributed by atoms with van der Waals surface area (Å²) < 4.78 is 1.09. The quantitative estimate of drug-likeness (QED) is 0.890. The Morgan fingerprint density at radius 3 is 2.59 bits per heavy atom. The van der Waals surface area contributed by atoms with Crippen LogP contribution < -0.4 is 5.32 Å². The van der Waals surface area contributed by atoms with Crippen LogP contribution >= 0.6 is 15.9 Å². The van der Waals surface area contributed by atoms with Gasteiger partial charge < -0.3 is 5.32 Å². The Morgan fingerprint density at radius 1 is 1.12 bits per heavy atom. The molecule has 0 aromatic heterocycles. The Kier molecular flexibility index (Phi) is 3.46. The van der Waals surface area contributed by atoms with E-state index in [2.05, 4.69) is 33.4 Å². The first-order chi connectivity index (χ1) is 8.19. The Hall–Kier alpha value is -1.79. The zero-order chi connectivity index (χ0) is 12.3. The van der Waals surface area contributed by atoms with E-state index in [0.29, 0.717) is 5.56 Å². The molecule has 84 valence electrons. The Bertz CT molecular complexity index is 585. The van der Waals surface area contributed by atoms with Gasteiger partial charge in [0.2, 0.25) is 0 Å². The molecule has 0 unspecified atom stereocenters. The second kappa shape index (κ2) is 5.03. The van der Waals surface area contributed by atoms with E-state index in [1.54, 1.807) is 6.07 Å². The topological polar surface area (TPSA) is 35.8 Å². The number of benzene rings is 2. The fourth-order valence-electron chi connectivity index (χ4n) is 1.56. The van der Waals surface area contributed by atoms with E-state index in [4.69, 9.17) is 5.26 Å². The lowest BCUT2D eigenvalue weighted by molar-refractivity contribution is 1.41. The van der Waals surface area contributed by atoms with Crippen LogP contribution in [0.1, 0.15) is 11.1 Å². The highest BCUT2D eigenvalue weighted by molar-refractivity contribution is 9.10. The minimum Gasteiger partial charge on any atom is -0.355 e. The minimum atomic E-state index is 0.656. The number of nitrogens with zero attached hydrogens (tertiary/aromatic N) is 1. The fraction of sp³-hybridized carbons (Fsp3) is 0.0714. The number of hydrogen-bond acceptors (Lipinski definition) is 2. The Labute approximate surface area is 109 Å². The van der Waals surface area contributed by atoms with Crippen molar-refractivity contribution in [2.45, 2.75) is 6.92 Å². The zero-order valence-electron chi connectivity index (χ0n) is 9.37. The van der Waals surface area contributed by atoms with Gasteiger partial charge in [0, 0.05) is 15.8 Å². The van der Waals surface area contributed by atoms with E-state index in [-0.39, 0.29) is 0 Å². The van der Waals surface area contributed by atoms with Crippen molar-refractivity contribution < 1.29 is 0 Å². The van der Waals surface area contributed by atoms with Crippen molar-refractivity contribution in [2.24, 2.45) is 0 Å². The molecule has 0 saturated heterocycles. The Balaban J connectivity index is 2.25. The van der Waals surface area contributed by atoms with Crippen LogP contribution in [0.15, 0.2) is 46.9 Å². The number of rotatable bonds is 2. The molecule has 0 aliphatic rings. The lowest BCUT2D eigenvalue weighted by Crippen LogP contribution is -1.91. The van der Waals surface area contributed by atoms with E-state index in [1.807, 2.05) is 37.3 Å². The summed E-state index contributed by atoms with van der Waals surface area (Å²) >= 11 is 3.47. The maximum absolute atomic E-state index is 8.82. The van der Waals surface area contributed by atoms with Crippen LogP contribution in [0.25, 0.3) is 0 Å². The van der Waals surface area contributed by atoms with Crippen molar-refractivity contribution in [1.29, 1.82) is 5.26 Å². The van der Waals surface area contributed by atoms with Gasteiger partial charge >= 0.3 is 0 Å². The number of halogens is 1. The highest BCUT2D eigenvalue weighted by Gasteiger charge is 1.99. The molecule has 0 atom stereocenters. The second-order valence-corrected chi connectivity index (χ2v) is 4.64. The van der Waals surface area contributed by atoms with Gasteiger partial charge in [0.05, 0.1) is 11.6 Å². The highest BCUT2D eigenvalue weighted by atomic mass is 79.9. The number of nitriles is 1. The number of aryl methyl sites for hydroxylation is 1. The first-order valence-corrected chi connectivity index (χ1v) is 6.01. The summed E-state index contributed by atoms with van der Waals surface area (Å²) in [6.45, 7) is 2.04. The van der Waals surface area contributed by atoms with Crippen molar-refractivity contribution >= 4 is 27.3 Å². The molecule has 3 heteroatoms. The summed E-state index contributed by atoms with van der Waals surface area (Å²) in [6.07, 6.45) is 0. The van der Waals surface area contributed by atoms with Crippen LogP contribution in [0.5, 0.6) is 0 Å². The van der Waals surface area contributed by atoms with Crippen LogP contribution in [0, 0.1) is 18.3 Å². The van der Waals surface area contributed by atoms with Gasteiger partial charge in [0.15, 0.2) is 0 Å². The molecular weight excluding hydrogens is 276 g/mol. The largest absolute Gasteiger partial charge is 0.355 e. The van der Waals surface area contributed by atoms with Gasteiger partial charge in [-0.05, 0) is 48.9 Å². The number of hydrogen-bond donors (Lipinski definition) is 1. The highest BCUT2D eigenvalue weighted by Crippen LogP contribution is 2.23. The Morgan fingerprint density at radius 2 is 1.88 bits per heavy atom. The van der Waals surface area contributed by atoms with Crippen LogP contribution in [0.4, 0.5) is 11.4 Å². The zero-order valence-corrected chi connectivity index (χ0v) is 11.0. The van der Waals surface area contributed by atoms with Crippen molar-refractivity contribution in [2.75, 3.05) is 5.32 Å². The molecule has 0 bridgehead atoms. The first kappa shape index (κ1) is 11.7. The van der Waals surface area contributed by atoms with E-state index in [1.165, 1.54) is 5.56 Å². The fourth-order valence-corrected chi connectivity index (χ4v) is 1.80. The maximum Gasteiger partial charge on any atom is 0.0992 e. The van der Waals surface area contributed by atoms with E-state index < -0.39 is 0 Å². The van der Waals surface area contributed by atoms with Gasteiger partial charge in [-0.3, -0.25) is 0 Å². The summed E-state index contributed by atoms with van der Waals surface area (Å²) in [5, 5.41) is 12.1. The van der Waals surface area contributed by atoms with Gasteiger partial charge in [-0.15, -0.1) is 0 Å². The van der Waals surface area contributed by atoms with E-state index in [9.17, 15) is 0 Å². The molecule has 0 heterocycles. The van der Waals surface area contributed by atoms with Crippen molar-refractivity contribution in [3.8, 4) is 6.07 Å². The SMILES string of the molecule is Cc1cc(Nc2cccc(C#N)c2)ccc1Br. The lowest BCUT2D eigenvalue weighted by atomic mass is 10.2. The van der Waals surface area contributed by atoms with Gasteiger partial charge in [0.25, 0.3) is 0 Å². The van der Waals surface area contributed by atoms with Crippen LogP contribution in [-0.2, 0) is 0 Å². The molecule has 0 spiro atoms. The van der Waals surface area contributed by atoms with Gasteiger partial charge in [-0.25, -0.2) is 0 Å². The lowest BCUT2D eigenvalue weighted by Gasteiger charge is -2.08. The van der Waals surface area contributed by atoms with Gasteiger partial charge in [0.1, 0.15) is 0 Å². The predicted octanol–water partition coefficient (Wildman–Crippen LogP) is 4.37. The summed E-state index contributed by atoms with van der Waals surface area (Å²) in [6, 6.07) is 15.6. The second-order valence-electron chi connectivity index (χ2n) is 3.78. The van der Waals surface area contributed by atoms with Gasteiger partial charge in [-0.1, -0.05) is 22.0 Å². The van der Waals surface area contributed by atoms with Gasteiger partial charge in [-0.2, -0.15) is 5.26 Å². The van der Waals surface area contributed by atoms with Crippen molar-refractivity contribution in [1.82, 2.24) is 0 Å². The molecular formula is C14H11BrN2. The average Bonchev–Trinajstić information content (AvgIpc) is 2.34. The molecule has 0 fully saturated rings. The number of anilines is 2. The van der Waals surface area contributed by atoms with Crippen molar-refractivity contribution in [3.63, 3.8) is 0 Å². The van der Waals surface area contributed by atoms with E-state index >= 15 is 0 Å². The van der Waals surface area contributed by atoms with E-state index in [0.717, 1.165) is 15.8 Å². The molecule has 2 nitrogen and oxygen atoms in total. The molecule has 0 aliphatic carbocycles. The van der Waals surface area contributed by atoms with Crippen LogP contribution in [0.3, 0.4) is 0 Å². The third-order valence-corrected chi connectivity index (χ3v) is 3.33. The maximum atomic E-state index is 8.82. The minimum absolute atomic E-state index is 0.656. The smallest absolute Gasteiger partial charge is 0.0992 e. The molecule has 0 radical (unpaired) electrons. The first-order valence-electron chi connectivity index (χ1n) is 5.22. The summed E-state index contributed by atoms with van der Waals surface area (Å²) in [7, 11) is 0. The molecule has 2 aromatic rings.